The second-order valence-corrected chi connectivity index (χ2v) is 2.96. The Balaban J connectivity index is 4.25. The highest BCUT2D eigenvalue weighted by molar-refractivity contribution is 5.77. The zero-order valence-corrected chi connectivity index (χ0v) is 8.09. The van der Waals surface area contributed by atoms with Crippen molar-refractivity contribution in [2.75, 3.05) is 7.11 Å². The van der Waals surface area contributed by atoms with Crippen LogP contribution in [0.25, 0.3) is 0 Å². The summed E-state index contributed by atoms with van der Waals surface area (Å²) in [4.78, 5) is 10.9. The van der Waals surface area contributed by atoms with Gasteiger partial charge in [0, 0.05) is 7.11 Å². The zero-order chi connectivity index (χ0) is 9.61. The van der Waals surface area contributed by atoms with Gasteiger partial charge in [-0.2, -0.15) is 0 Å². The molecule has 0 rings (SSSR count). The lowest BCUT2D eigenvalue weighted by atomic mass is 9.94. The lowest BCUT2D eigenvalue weighted by molar-refractivity contribution is -0.163. The van der Waals surface area contributed by atoms with E-state index in [0.29, 0.717) is 12.8 Å². The molecular formula is C9H18O3. The third-order valence-corrected chi connectivity index (χ3v) is 2.29. The number of carboxylic acid groups (broad SMARTS) is 1. The summed E-state index contributed by atoms with van der Waals surface area (Å²) in [5.74, 6) is -0.846. The quantitative estimate of drug-likeness (QED) is 0.670. The van der Waals surface area contributed by atoms with Crippen molar-refractivity contribution in [3.05, 3.63) is 0 Å². The number of hydrogen-bond donors (Lipinski definition) is 1. The Labute approximate surface area is 73.7 Å². The molecule has 0 fully saturated rings. The van der Waals surface area contributed by atoms with Crippen molar-refractivity contribution in [1.82, 2.24) is 0 Å². The van der Waals surface area contributed by atoms with E-state index >= 15 is 0 Å². The minimum absolute atomic E-state index is 0.527. The summed E-state index contributed by atoms with van der Waals surface area (Å²) < 4.78 is 5.05. The van der Waals surface area contributed by atoms with Crippen molar-refractivity contribution in [3.8, 4) is 0 Å². The highest BCUT2D eigenvalue weighted by Crippen LogP contribution is 2.22. The Morgan fingerprint density at radius 2 is 2.08 bits per heavy atom. The van der Waals surface area contributed by atoms with Crippen molar-refractivity contribution >= 4 is 5.97 Å². The summed E-state index contributed by atoms with van der Waals surface area (Å²) in [7, 11) is 1.47. The number of hydrogen-bond acceptors (Lipinski definition) is 2. The van der Waals surface area contributed by atoms with E-state index in [4.69, 9.17) is 9.84 Å². The first-order valence-corrected chi connectivity index (χ1v) is 4.41. The standard InChI is InChI=1S/C9H18O3/c1-4-6-7-9(5-2,12-3)8(10)11/h4-7H2,1-3H3,(H,10,11). The first kappa shape index (κ1) is 11.4. The second kappa shape index (κ2) is 5.14. The van der Waals surface area contributed by atoms with Gasteiger partial charge < -0.3 is 9.84 Å². The molecule has 0 amide bonds. The molecule has 0 aliphatic carbocycles. The van der Waals surface area contributed by atoms with E-state index in [1.165, 1.54) is 7.11 Å². The van der Waals surface area contributed by atoms with Crippen molar-refractivity contribution in [3.63, 3.8) is 0 Å². The Bertz CT molecular complexity index is 139. The molecule has 0 radical (unpaired) electrons. The summed E-state index contributed by atoms with van der Waals surface area (Å²) in [5.41, 5.74) is -0.948. The number of rotatable bonds is 6. The first-order chi connectivity index (χ1) is 5.63. The highest BCUT2D eigenvalue weighted by atomic mass is 16.5. The predicted molar refractivity (Wildman–Crippen MR) is 47.2 cm³/mol. The molecule has 0 heterocycles. The van der Waals surface area contributed by atoms with E-state index in [1.54, 1.807) is 0 Å². The van der Waals surface area contributed by atoms with Crippen LogP contribution in [0.3, 0.4) is 0 Å². The minimum atomic E-state index is -0.948. The molecule has 3 nitrogen and oxygen atoms in total. The lowest BCUT2D eigenvalue weighted by Crippen LogP contribution is -2.39. The zero-order valence-electron chi connectivity index (χ0n) is 8.09. The predicted octanol–water partition coefficient (Wildman–Crippen LogP) is 2.06. The van der Waals surface area contributed by atoms with Crippen LogP contribution >= 0.6 is 0 Å². The van der Waals surface area contributed by atoms with Gasteiger partial charge in [-0.25, -0.2) is 4.79 Å². The molecule has 1 N–H and O–H groups in total. The van der Waals surface area contributed by atoms with Gasteiger partial charge >= 0.3 is 5.97 Å². The second-order valence-electron chi connectivity index (χ2n) is 2.96. The van der Waals surface area contributed by atoms with Gasteiger partial charge in [0.25, 0.3) is 0 Å². The van der Waals surface area contributed by atoms with Crippen molar-refractivity contribution in [2.24, 2.45) is 0 Å². The Hall–Kier alpha value is -0.570. The molecule has 0 bridgehead atoms. The average Bonchev–Trinajstić information content (AvgIpc) is 2.07. The lowest BCUT2D eigenvalue weighted by Gasteiger charge is -2.26. The smallest absolute Gasteiger partial charge is 0.335 e. The van der Waals surface area contributed by atoms with Gasteiger partial charge in [0.2, 0.25) is 0 Å². The van der Waals surface area contributed by atoms with Gasteiger partial charge in [-0.05, 0) is 12.8 Å². The van der Waals surface area contributed by atoms with Crippen LogP contribution in [-0.2, 0) is 9.53 Å². The number of aliphatic carboxylic acids is 1. The molecule has 0 aliphatic rings. The third-order valence-electron chi connectivity index (χ3n) is 2.29. The van der Waals surface area contributed by atoms with E-state index in [1.807, 2.05) is 13.8 Å². The van der Waals surface area contributed by atoms with Crippen molar-refractivity contribution < 1.29 is 14.6 Å². The van der Waals surface area contributed by atoms with Crippen molar-refractivity contribution in [1.29, 1.82) is 0 Å². The molecule has 0 spiro atoms. The molecule has 0 saturated carbocycles. The van der Waals surface area contributed by atoms with Crippen LogP contribution in [0, 0.1) is 0 Å². The number of unbranched alkanes of at least 4 members (excludes halogenated alkanes) is 1. The van der Waals surface area contributed by atoms with Gasteiger partial charge in [-0.15, -0.1) is 0 Å². The summed E-state index contributed by atoms with van der Waals surface area (Å²) in [5, 5.41) is 8.93. The fourth-order valence-corrected chi connectivity index (χ4v) is 1.23. The maximum Gasteiger partial charge on any atom is 0.335 e. The maximum atomic E-state index is 10.9. The monoisotopic (exact) mass is 174 g/mol. The molecule has 0 aliphatic heterocycles. The molecule has 0 aromatic carbocycles. The molecule has 1 unspecified atom stereocenters. The Morgan fingerprint density at radius 1 is 1.50 bits per heavy atom. The number of ether oxygens (including phenoxy) is 1. The van der Waals surface area contributed by atoms with Gasteiger partial charge in [-0.1, -0.05) is 26.7 Å². The van der Waals surface area contributed by atoms with E-state index in [-0.39, 0.29) is 0 Å². The average molecular weight is 174 g/mol. The Morgan fingerprint density at radius 3 is 2.33 bits per heavy atom. The fourth-order valence-electron chi connectivity index (χ4n) is 1.23. The van der Waals surface area contributed by atoms with Crippen molar-refractivity contribution in [2.45, 2.75) is 45.1 Å². The number of carboxylic acids is 1. The van der Waals surface area contributed by atoms with Gasteiger partial charge in [0.1, 0.15) is 0 Å². The molecule has 0 saturated heterocycles. The molecule has 0 aromatic heterocycles. The normalized spacial score (nSPS) is 15.6. The van der Waals surface area contributed by atoms with Gasteiger partial charge in [-0.3, -0.25) is 0 Å². The van der Waals surface area contributed by atoms with Gasteiger partial charge in [0.15, 0.2) is 5.60 Å². The van der Waals surface area contributed by atoms with Crippen LogP contribution in [0.2, 0.25) is 0 Å². The molecule has 1 atom stereocenters. The van der Waals surface area contributed by atoms with E-state index in [2.05, 4.69) is 0 Å². The van der Waals surface area contributed by atoms with E-state index in [0.717, 1.165) is 12.8 Å². The van der Waals surface area contributed by atoms with Gasteiger partial charge in [0.05, 0.1) is 0 Å². The van der Waals surface area contributed by atoms with Crippen LogP contribution in [-0.4, -0.2) is 23.8 Å². The summed E-state index contributed by atoms with van der Waals surface area (Å²) in [6.07, 6.45) is 3.02. The van der Waals surface area contributed by atoms with Crippen LogP contribution in [0.4, 0.5) is 0 Å². The number of carbonyl (C=O) groups is 1. The van der Waals surface area contributed by atoms with Crippen LogP contribution in [0.15, 0.2) is 0 Å². The first-order valence-electron chi connectivity index (χ1n) is 4.41. The van der Waals surface area contributed by atoms with E-state index in [9.17, 15) is 4.79 Å². The SMILES string of the molecule is CCCCC(CC)(OC)C(=O)O. The molecule has 12 heavy (non-hydrogen) atoms. The van der Waals surface area contributed by atoms with E-state index < -0.39 is 11.6 Å². The Kier molecular flexibility index (Phi) is 4.90. The van der Waals surface area contributed by atoms with Crippen LogP contribution in [0.5, 0.6) is 0 Å². The largest absolute Gasteiger partial charge is 0.479 e. The topological polar surface area (TPSA) is 46.5 Å². The highest BCUT2D eigenvalue weighted by Gasteiger charge is 2.35. The summed E-state index contributed by atoms with van der Waals surface area (Å²) >= 11 is 0. The van der Waals surface area contributed by atoms with Crippen LogP contribution < -0.4 is 0 Å². The molecular weight excluding hydrogens is 156 g/mol. The maximum absolute atomic E-state index is 10.9. The fraction of sp³-hybridized carbons (Fsp3) is 0.889. The molecule has 72 valence electrons. The number of methoxy groups -OCH3 is 1. The molecule has 3 heteroatoms. The minimum Gasteiger partial charge on any atom is -0.479 e. The van der Waals surface area contributed by atoms with Crippen LogP contribution in [0.1, 0.15) is 39.5 Å². The summed E-state index contributed by atoms with van der Waals surface area (Å²) in [6, 6.07) is 0. The third kappa shape index (κ3) is 2.48. The molecule has 0 aromatic rings. The summed E-state index contributed by atoms with van der Waals surface area (Å²) in [6.45, 7) is 3.88.